The summed E-state index contributed by atoms with van der Waals surface area (Å²) in [5.74, 6) is -0.350. The van der Waals surface area contributed by atoms with Crippen LogP contribution in [0.2, 0.25) is 5.02 Å². The Morgan fingerprint density at radius 1 is 1.00 bits per heavy atom. The van der Waals surface area contributed by atoms with Crippen LogP contribution in [0.4, 0.5) is 19.3 Å². The van der Waals surface area contributed by atoms with Crippen LogP contribution in [0.25, 0.3) is 17.0 Å². The van der Waals surface area contributed by atoms with Gasteiger partial charge in [-0.3, -0.25) is 4.90 Å². The molecule has 1 unspecified atom stereocenters. The van der Waals surface area contributed by atoms with Gasteiger partial charge in [0.1, 0.15) is 11.6 Å². The Kier molecular flexibility index (Phi) is 5.59. The van der Waals surface area contributed by atoms with Crippen LogP contribution in [0.1, 0.15) is 24.4 Å². The SMILES string of the molecule is CC1=C(c2nc(-c3ccc(F)cc3)no2)C(c2ccc(F)cc2)NC(=O)N1c1cccc(Cl)c1. The average molecular weight is 479 g/mol. The van der Waals surface area contributed by atoms with Crippen molar-refractivity contribution >= 4 is 28.9 Å². The Balaban J connectivity index is 1.65. The zero-order valence-corrected chi connectivity index (χ0v) is 18.6. The molecular formula is C25H17ClF2N4O2. The second-order valence-electron chi connectivity index (χ2n) is 7.68. The van der Waals surface area contributed by atoms with Crippen molar-refractivity contribution in [3.8, 4) is 11.4 Å². The van der Waals surface area contributed by atoms with Crippen molar-refractivity contribution in [1.29, 1.82) is 0 Å². The summed E-state index contributed by atoms with van der Waals surface area (Å²) in [6.07, 6.45) is 0. The third-order valence-electron chi connectivity index (χ3n) is 5.51. The molecule has 1 N–H and O–H groups in total. The third-order valence-corrected chi connectivity index (χ3v) is 5.75. The van der Waals surface area contributed by atoms with Crippen LogP contribution in [-0.2, 0) is 0 Å². The van der Waals surface area contributed by atoms with Gasteiger partial charge in [-0.2, -0.15) is 4.98 Å². The van der Waals surface area contributed by atoms with Crippen LogP contribution in [0, 0.1) is 11.6 Å². The Hall–Kier alpha value is -4.04. The van der Waals surface area contributed by atoms with Crippen molar-refractivity contribution in [2.45, 2.75) is 13.0 Å². The smallest absolute Gasteiger partial charge is 0.326 e. The van der Waals surface area contributed by atoms with Gasteiger partial charge in [0.25, 0.3) is 5.89 Å². The highest BCUT2D eigenvalue weighted by Gasteiger charge is 2.36. The predicted octanol–water partition coefficient (Wildman–Crippen LogP) is 6.37. The topological polar surface area (TPSA) is 71.3 Å². The molecule has 4 aromatic rings. The highest BCUT2D eigenvalue weighted by molar-refractivity contribution is 6.31. The predicted molar refractivity (Wildman–Crippen MR) is 124 cm³/mol. The lowest BCUT2D eigenvalue weighted by molar-refractivity contribution is 0.244. The van der Waals surface area contributed by atoms with Crippen molar-refractivity contribution in [2.24, 2.45) is 0 Å². The molecular weight excluding hydrogens is 462 g/mol. The Bertz CT molecular complexity index is 1400. The van der Waals surface area contributed by atoms with E-state index in [0.29, 0.717) is 33.1 Å². The first-order chi connectivity index (χ1) is 16.4. The first-order valence-corrected chi connectivity index (χ1v) is 10.7. The molecule has 0 fully saturated rings. The van der Waals surface area contributed by atoms with Crippen molar-refractivity contribution in [3.63, 3.8) is 0 Å². The summed E-state index contributed by atoms with van der Waals surface area (Å²) >= 11 is 6.16. The van der Waals surface area contributed by atoms with Crippen LogP contribution in [0.3, 0.4) is 0 Å². The van der Waals surface area contributed by atoms with E-state index in [2.05, 4.69) is 15.5 Å². The van der Waals surface area contributed by atoms with Crippen LogP contribution in [0.5, 0.6) is 0 Å². The van der Waals surface area contributed by atoms with E-state index >= 15 is 0 Å². The van der Waals surface area contributed by atoms with Gasteiger partial charge < -0.3 is 9.84 Å². The second-order valence-corrected chi connectivity index (χ2v) is 8.11. The number of urea groups is 1. The number of nitrogens with one attached hydrogen (secondary N) is 1. The molecule has 1 atom stereocenters. The summed E-state index contributed by atoms with van der Waals surface area (Å²) in [5.41, 5.74) is 2.83. The van der Waals surface area contributed by atoms with Gasteiger partial charge in [-0.1, -0.05) is 35.0 Å². The molecule has 5 rings (SSSR count). The molecule has 0 radical (unpaired) electrons. The molecule has 0 saturated carbocycles. The minimum Gasteiger partial charge on any atom is -0.334 e. The second kappa shape index (κ2) is 8.72. The lowest BCUT2D eigenvalue weighted by Gasteiger charge is -2.35. The number of amides is 2. The molecule has 1 aromatic heterocycles. The van der Waals surface area contributed by atoms with Crippen LogP contribution in [-0.4, -0.2) is 16.2 Å². The molecule has 0 bridgehead atoms. The average Bonchev–Trinajstić information content (AvgIpc) is 3.29. The molecule has 1 aliphatic rings. The van der Waals surface area contributed by atoms with Gasteiger partial charge in [0.05, 0.1) is 17.3 Å². The molecule has 9 heteroatoms. The van der Waals surface area contributed by atoms with Crippen LogP contribution >= 0.6 is 11.6 Å². The molecule has 6 nitrogen and oxygen atoms in total. The van der Waals surface area contributed by atoms with Gasteiger partial charge in [-0.05, 0) is 67.1 Å². The van der Waals surface area contributed by atoms with E-state index < -0.39 is 17.9 Å². The summed E-state index contributed by atoms with van der Waals surface area (Å²) in [5, 5.41) is 7.45. The Labute approximate surface area is 198 Å². The van der Waals surface area contributed by atoms with Gasteiger partial charge in [-0.25, -0.2) is 13.6 Å². The number of hydrogen-bond acceptors (Lipinski definition) is 4. The van der Waals surface area contributed by atoms with E-state index in [0.717, 1.165) is 0 Å². The number of hydrogen-bond donors (Lipinski definition) is 1. The summed E-state index contributed by atoms with van der Waals surface area (Å²) in [6.45, 7) is 1.76. The monoisotopic (exact) mass is 478 g/mol. The van der Waals surface area contributed by atoms with Crippen molar-refractivity contribution in [3.05, 3.63) is 107 Å². The number of halogens is 3. The van der Waals surface area contributed by atoms with Crippen molar-refractivity contribution in [1.82, 2.24) is 15.5 Å². The number of rotatable bonds is 4. The molecule has 34 heavy (non-hydrogen) atoms. The lowest BCUT2D eigenvalue weighted by atomic mass is 9.94. The molecule has 0 spiro atoms. The minimum absolute atomic E-state index is 0.165. The minimum atomic E-state index is -0.676. The standard InChI is InChI=1S/C25H17ClF2N4O2/c1-14-21(24-30-23(31-34-24)16-7-11-19(28)12-8-16)22(15-5-9-18(27)10-6-15)29-25(33)32(14)20-4-2-3-17(26)13-20/h2-13,22H,1H3,(H,29,33). The fourth-order valence-corrected chi connectivity index (χ4v) is 4.09. The summed E-state index contributed by atoms with van der Waals surface area (Å²) in [7, 11) is 0. The Morgan fingerprint density at radius 3 is 2.35 bits per heavy atom. The van der Waals surface area contributed by atoms with E-state index in [1.165, 1.54) is 29.2 Å². The lowest BCUT2D eigenvalue weighted by Crippen LogP contribution is -2.46. The van der Waals surface area contributed by atoms with E-state index in [1.807, 2.05) is 0 Å². The molecule has 2 amide bonds. The first kappa shape index (κ1) is 21.8. The van der Waals surface area contributed by atoms with E-state index in [4.69, 9.17) is 16.1 Å². The number of nitrogens with zero attached hydrogens (tertiary/aromatic N) is 3. The van der Waals surface area contributed by atoms with E-state index in [9.17, 15) is 13.6 Å². The highest BCUT2D eigenvalue weighted by Crippen LogP contribution is 2.39. The molecule has 170 valence electrons. The number of aromatic nitrogens is 2. The molecule has 1 aliphatic heterocycles. The van der Waals surface area contributed by atoms with Gasteiger partial charge in [0.2, 0.25) is 5.82 Å². The van der Waals surface area contributed by atoms with E-state index in [1.54, 1.807) is 55.5 Å². The fraction of sp³-hybridized carbons (Fsp3) is 0.0800. The first-order valence-electron chi connectivity index (χ1n) is 10.3. The summed E-state index contributed by atoms with van der Waals surface area (Å²) in [6, 6.07) is 17.3. The van der Waals surface area contributed by atoms with Crippen molar-refractivity contribution < 1.29 is 18.1 Å². The maximum Gasteiger partial charge on any atom is 0.326 e. The summed E-state index contributed by atoms with van der Waals surface area (Å²) in [4.78, 5) is 19.1. The molecule has 3 aromatic carbocycles. The van der Waals surface area contributed by atoms with Crippen LogP contribution in [0.15, 0.2) is 83.0 Å². The van der Waals surface area contributed by atoms with Gasteiger partial charge in [-0.15, -0.1) is 0 Å². The number of carbonyl (C=O) groups excluding carboxylic acids is 1. The van der Waals surface area contributed by atoms with E-state index in [-0.39, 0.29) is 17.5 Å². The maximum absolute atomic E-state index is 13.6. The zero-order chi connectivity index (χ0) is 23.8. The molecule has 2 heterocycles. The third kappa shape index (κ3) is 4.04. The van der Waals surface area contributed by atoms with Gasteiger partial charge >= 0.3 is 6.03 Å². The fourth-order valence-electron chi connectivity index (χ4n) is 3.90. The number of carbonyl (C=O) groups is 1. The highest BCUT2D eigenvalue weighted by atomic mass is 35.5. The zero-order valence-electron chi connectivity index (χ0n) is 17.8. The number of allylic oxidation sites excluding steroid dienone is 1. The quantitative estimate of drug-likeness (QED) is 0.370. The number of anilines is 1. The van der Waals surface area contributed by atoms with Gasteiger partial charge in [0.15, 0.2) is 0 Å². The number of benzene rings is 3. The normalized spacial score (nSPS) is 16.1. The summed E-state index contributed by atoms with van der Waals surface area (Å²) < 4.78 is 32.5. The molecule has 0 saturated heterocycles. The Morgan fingerprint density at radius 2 is 1.68 bits per heavy atom. The van der Waals surface area contributed by atoms with Crippen molar-refractivity contribution in [2.75, 3.05) is 4.90 Å². The maximum atomic E-state index is 13.6. The van der Waals surface area contributed by atoms with Gasteiger partial charge in [0, 0.05) is 16.3 Å². The molecule has 0 aliphatic carbocycles. The van der Waals surface area contributed by atoms with Crippen LogP contribution < -0.4 is 10.2 Å². The largest absolute Gasteiger partial charge is 0.334 e.